The van der Waals surface area contributed by atoms with Gasteiger partial charge in [-0.15, -0.1) is 24.8 Å². The monoisotopic (exact) mass is 350 g/mol. The fourth-order valence-electron chi connectivity index (χ4n) is 2.25. The van der Waals surface area contributed by atoms with Crippen molar-refractivity contribution in [2.75, 3.05) is 26.2 Å². The number of oxime groups is 1. The third-order valence-electron chi connectivity index (χ3n) is 3.30. The van der Waals surface area contributed by atoms with E-state index in [0.717, 1.165) is 13.1 Å². The smallest absolute Gasteiger partial charge is 0.171 e. The molecule has 0 aliphatic carbocycles. The number of aliphatic hydroxyl groups excluding tert-OH is 1. The number of amidine groups is 1. The Bertz CT molecular complexity index is 428. The van der Waals surface area contributed by atoms with Crippen LogP contribution in [0.25, 0.3) is 0 Å². The quantitative estimate of drug-likeness (QED) is 0.460. The maximum absolute atomic E-state index is 9.90. The molecule has 1 atom stereocenters. The van der Waals surface area contributed by atoms with Gasteiger partial charge in [-0.05, 0) is 38.1 Å². The Morgan fingerprint density at radius 1 is 1.36 bits per heavy atom. The van der Waals surface area contributed by atoms with Crippen molar-refractivity contribution in [3.05, 3.63) is 30.1 Å². The second-order valence-corrected chi connectivity index (χ2v) is 5.03. The highest BCUT2D eigenvalue weighted by Crippen LogP contribution is 2.09. The van der Waals surface area contributed by atoms with Gasteiger partial charge in [0.2, 0.25) is 0 Å². The van der Waals surface area contributed by atoms with E-state index in [-0.39, 0.29) is 37.3 Å². The summed E-state index contributed by atoms with van der Waals surface area (Å²) in [5.41, 5.74) is 6.46. The summed E-state index contributed by atoms with van der Waals surface area (Å²) in [4.78, 5) is 11.3. The predicted molar refractivity (Wildman–Crippen MR) is 91.7 cm³/mol. The number of nitrogens with two attached hydrogens (primary N) is 1. The molecule has 0 saturated carbocycles. The molecular formula is C14H24Cl2N4O2. The molecule has 22 heavy (non-hydrogen) atoms. The lowest BCUT2D eigenvalue weighted by molar-refractivity contribution is 0.0157. The van der Waals surface area contributed by atoms with Gasteiger partial charge < -0.3 is 20.6 Å². The Morgan fingerprint density at radius 2 is 2.09 bits per heavy atom. The molecule has 1 aliphatic heterocycles. The van der Waals surface area contributed by atoms with Crippen molar-refractivity contribution in [2.24, 2.45) is 10.9 Å². The van der Waals surface area contributed by atoms with E-state index in [2.05, 4.69) is 15.0 Å². The predicted octanol–water partition coefficient (Wildman–Crippen LogP) is 1.41. The van der Waals surface area contributed by atoms with E-state index in [0.29, 0.717) is 12.1 Å². The maximum atomic E-state index is 9.90. The summed E-state index contributed by atoms with van der Waals surface area (Å²) in [7, 11) is 0. The number of nitrogens with zero attached hydrogens (tertiary/aromatic N) is 3. The number of aromatic nitrogens is 1. The topological polar surface area (TPSA) is 84.0 Å². The zero-order valence-electron chi connectivity index (χ0n) is 12.4. The van der Waals surface area contributed by atoms with Gasteiger partial charge in [-0.3, -0.25) is 4.98 Å². The third kappa shape index (κ3) is 7.26. The highest BCUT2D eigenvalue weighted by molar-refractivity contribution is 5.96. The molecule has 0 amide bonds. The van der Waals surface area contributed by atoms with Gasteiger partial charge in [0.1, 0.15) is 12.7 Å². The highest BCUT2D eigenvalue weighted by Gasteiger charge is 2.14. The molecule has 0 spiro atoms. The Kier molecular flexibility index (Phi) is 10.9. The molecule has 3 N–H and O–H groups in total. The molecule has 1 fully saturated rings. The van der Waals surface area contributed by atoms with Gasteiger partial charge in [0.15, 0.2) is 5.84 Å². The van der Waals surface area contributed by atoms with E-state index in [1.54, 1.807) is 24.5 Å². The number of hydrogen-bond donors (Lipinski definition) is 2. The fourth-order valence-corrected chi connectivity index (χ4v) is 2.25. The SMILES string of the molecule is Cl.Cl.N/C(=N\OC[C@@H](O)CN1CCCCC1)c1cccnc1. The van der Waals surface area contributed by atoms with E-state index in [1.165, 1.54) is 19.3 Å². The lowest BCUT2D eigenvalue weighted by Crippen LogP contribution is -2.38. The molecule has 8 heteroatoms. The van der Waals surface area contributed by atoms with Gasteiger partial charge in [-0.25, -0.2) is 0 Å². The minimum absolute atomic E-state index is 0. The molecule has 1 aliphatic rings. The molecule has 0 aromatic carbocycles. The highest BCUT2D eigenvalue weighted by atomic mass is 35.5. The zero-order chi connectivity index (χ0) is 14.2. The fraction of sp³-hybridized carbons (Fsp3) is 0.571. The van der Waals surface area contributed by atoms with E-state index in [9.17, 15) is 5.11 Å². The lowest BCUT2D eigenvalue weighted by Gasteiger charge is -2.27. The number of rotatable bonds is 6. The van der Waals surface area contributed by atoms with Crippen LogP contribution in [0.4, 0.5) is 0 Å². The Labute approximate surface area is 143 Å². The van der Waals surface area contributed by atoms with Crippen LogP contribution in [0.2, 0.25) is 0 Å². The molecule has 126 valence electrons. The minimum atomic E-state index is -0.543. The van der Waals surface area contributed by atoms with Gasteiger partial charge >= 0.3 is 0 Å². The molecule has 1 aromatic rings. The first-order valence-electron chi connectivity index (χ1n) is 7.02. The second kappa shape index (κ2) is 11.5. The van der Waals surface area contributed by atoms with Crippen molar-refractivity contribution in [3.63, 3.8) is 0 Å². The van der Waals surface area contributed by atoms with Crippen LogP contribution in [-0.4, -0.2) is 53.2 Å². The van der Waals surface area contributed by atoms with Crippen molar-refractivity contribution in [2.45, 2.75) is 25.4 Å². The number of aliphatic hydroxyl groups is 1. The largest absolute Gasteiger partial charge is 0.391 e. The van der Waals surface area contributed by atoms with Crippen LogP contribution in [-0.2, 0) is 4.84 Å². The Hall–Kier alpha value is -1.08. The standard InChI is InChI=1S/C14H22N4O2.2ClH/c15-14(12-5-4-6-16-9-12)17-20-11-13(19)10-18-7-2-1-3-8-18;;/h4-6,9,13,19H,1-3,7-8,10-11H2,(H2,15,17);2*1H/t13-;;/m0../s1. The number of piperidine rings is 1. The van der Waals surface area contributed by atoms with Gasteiger partial charge in [-0.2, -0.15) is 0 Å². The molecule has 0 radical (unpaired) electrons. The number of pyridine rings is 1. The first-order valence-corrected chi connectivity index (χ1v) is 7.02. The van der Waals surface area contributed by atoms with Crippen molar-refractivity contribution in [1.82, 2.24) is 9.88 Å². The Morgan fingerprint density at radius 3 is 2.73 bits per heavy atom. The van der Waals surface area contributed by atoms with Crippen LogP contribution in [0.5, 0.6) is 0 Å². The molecular weight excluding hydrogens is 327 g/mol. The molecule has 2 rings (SSSR count). The zero-order valence-corrected chi connectivity index (χ0v) is 14.1. The number of likely N-dealkylation sites (tertiary alicyclic amines) is 1. The summed E-state index contributed by atoms with van der Waals surface area (Å²) in [6.07, 6.45) is 6.44. The van der Waals surface area contributed by atoms with Gasteiger partial charge in [0.25, 0.3) is 0 Å². The summed E-state index contributed by atoms with van der Waals surface area (Å²) in [6.45, 7) is 2.89. The second-order valence-electron chi connectivity index (χ2n) is 5.03. The lowest BCUT2D eigenvalue weighted by atomic mass is 10.1. The average molecular weight is 351 g/mol. The first-order chi connectivity index (χ1) is 9.75. The van der Waals surface area contributed by atoms with Crippen LogP contribution in [0.3, 0.4) is 0 Å². The van der Waals surface area contributed by atoms with E-state index < -0.39 is 6.10 Å². The molecule has 1 aromatic heterocycles. The number of hydrogen-bond acceptors (Lipinski definition) is 5. The molecule has 1 saturated heterocycles. The van der Waals surface area contributed by atoms with E-state index in [1.807, 2.05) is 0 Å². The van der Waals surface area contributed by atoms with Crippen LogP contribution >= 0.6 is 24.8 Å². The molecule has 2 heterocycles. The third-order valence-corrected chi connectivity index (χ3v) is 3.30. The molecule has 0 bridgehead atoms. The van der Waals surface area contributed by atoms with E-state index >= 15 is 0 Å². The summed E-state index contributed by atoms with van der Waals surface area (Å²) in [5.74, 6) is 0.267. The van der Waals surface area contributed by atoms with Gasteiger partial charge in [0.05, 0.1) is 0 Å². The number of halogens is 2. The summed E-state index contributed by atoms with van der Waals surface area (Å²) in [6, 6.07) is 3.59. The molecule has 0 unspecified atom stereocenters. The molecule has 6 nitrogen and oxygen atoms in total. The first kappa shape index (κ1) is 20.9. The van der Waals surface area contributed by atoms with Crippen LogP contribution in [0.1, 0.15) is 24.8 Å². The van der Waals surface area contributed by atoms with Crippen LogP contribution in [0, 0.1) is 0 Å². The van der Waals surface area contributed by atoms with Crippen molar-refractivity contribution in [1.29, 1.82) is 0 Å². The maximum Gasteiger partial charge on any atom is 0.171 e. The van der Waals surface area contributed by atoms with Gasteiger partial charge in [0, 0.05) is 24.5 Å². The Balaban J connectivity index is 0.00000220. The minimum Gasteiger partial charge on any atom is -0.391 e. The summed E-state index contributed by atoms with van der Waals surface area (Å²) < 4.78 is 0. The summed E-state index contributed by atoms with van der Waals surface area (Å²) >= 11 is 0. The van der Waals surface area contributed by atoms with Crippen molar-refractivity contribution in [3.8, 4) is 0 Å². The van der Waals surface area contributed by atoms with Gasteiger partial charge in [-0.1, -0.05) is 11.6 Å². The van der Waals surface area contributed by atoms with Crippen molar-refractivity contribution < 1.29 is 9.94 Å². The normalized spacial score (nSPS) is 17.0. The van der Waals surface area contributed by atoms with Crippen LogP contribution in [0.15, 0.2) is 29.7 Å². The van der Waals surface area contributed by atoms with Crippen molar-refractivity contribution >= 4 is 30.6 Å². The number of β-amino-alcohol motifs (C(OH)–C–C–N with tert-alkyl or cyclic N) is 1. The van der Waals surface area contributed by atoms with E-state index in [4.69, 9.17) is 10.6 Å². The van der Waals surface area contributed by atoms with Crippen LogP contribution < -0.4 is 5.73 Å². The summed E-state index contributed by atoms with van der Waals surface area (Å²) in [5, 5.41) is 13.7. The average Bonchev–Trinajstić information content (AvgIpc) is 2.49.